The van der Waals surface area contributed by atoms with Gasteiger partial charge < -0.3 is 20.1 Å². The smallest absolute Gasteiger partial charge is 0.462 e. The molecule has 2 atom stereocenters. The summed E-state index contributed by atoms with van der Waals surface area (Å²) in [6.45, 7) is 3.51. The first-order valence-electron chi connectivity index (χ1n) is 37.9. The van der Waals surface area contributed by atoms with Crippen LogP contribution >= 0.6 is 7.82 Å². The monoisotopic (exact) mass is 1330 g/mol. The molecule has 536 valence electrons. The minimum atomic E-state index is -4.41. The van der Waals surface area contributed by atoms with Crippen LogP contribution in [-0.4, -0.2) is 49.3 Å². The first-order valence-corrected chi connectivity index (χ1v) is 39.4. The van der Waals surface area contributed by atoms with Crippen molar-refractivity contribution in [3.8, 4) is 0 Å². The van der Waals surface area contributed by atoms with E-state index in [1.807, 2.05) is 0 Å². The number of unbranched alkanes of at least 4 members (excludes halogenated alkanes) is 24. The average Bonchev–Trinajstić information content (AvgIpc) is 2.64. The van der Waals surface area contributed by atoms with Gasteiger partial charge in [-0.1, -0.05) is 337 Å². The highest BCUT2D eigenvalue weighted by Gasteiger charge is 2.26. The van der Waals surface area contributed by atoms with Gasteiger partial charge in [0.2, 0.25) is 0 Å². The number of phosphoric ester groups is 1. The Morgan fingerprint density at radius 3 is 0.811 bits per heavy atom. The van der Waals surface area contributed by atoms with Crippen LogP contribution in [0.2, 0.25) is 0 Å². The highest BCUT2D eigenvalue weighted by atomic mass is 31.2. The van der Waals surface area contributed by atoms with Gasteiger partial charge >= 0.3 is 19.8 Å². The summed E-state index contributed by atoms with van der Waals surface area (Å²) in [6, 6.07) is 0. The summed E-state index contributed by atoms with van der Waals surface area (Å²) in [6.07, 6.45) is 118. The molecule has 0 rings (SSSR count). The minimum absolute atomic E-state index is 0.0441. The summed E-state index contributed by atoms with van der Waals surface area (Å²) in [7, 11) is -4.41. The first-order chi connectivity index (χ1) is 46.8. The van der Waals surface area contributed by atoms with Crippen molar-refractivity contribution >= 4 is 19.8 Å². The Kier molecular flexibility index (Phi) is 73.6. The van der Waals surface area contributed by atoms with E-state index in [1.165, 1.54) is 116 Å². The molecule has 0 fully saturated rings. The lowest BCUT2D eigenvalue weighted by Gasteiger charge is -2.19. The van der Waals surface area contributed by atoms with E-state index in [-0.39, 0.29) is 38.6 Å². The summed E-state index contributed by atoms with van der Waals surface area (Å²) < 4.78 is 33.2. The Bertz CT molecular complexity index is 2270. The Morgan fingerprint density at radius 1 is 0.316 bits per heavy atom. The van der Waals surface area contributed by atoms with Gasteiger partial charge in [-0.15, -0.1) is 0 Å². The molecule has 3 N–H and O–H groups in total. The van der Waals surface area contributed by atoms with E-state index in [0.717, 1.165) is 148 Å². The molecule has 0 aliphatic rings. The first kappa shape index (κ1) is 89.8. The van der Waals surface area contributed by atoms with Gasteiger partial charge in [0, 0.05) is 19.4 Å². The second-order valence-electron chi connectivity index (χ2n) is 24.4. The van der Waals surface area contributed by atoms with Crippen molar-refractivity contribution in [2.75, 3.05) is 26.4 Å². The molecule has 2 unspecified atom stereocenters. The third-order valence-electron chi connectivity index (χ3n) is 15.5. The summed E-state index contributed by atoms with van der Waals surface area (Å²) in [4.78, 5) is 35.4. The number of nitrogens with two attached hydrogens (primary N) is 1. The van der Waals surface area contributed by atoms with E-state index >= 15 is 0 Å². The van der Waals surface area contributed by atoms with Crippen LogP contribution in [0.5, 0.6) is 0 Å². The maximum absolute atomic E-state index is 12.8. The highest BCUT2D eigenvalue weighted by Crippen LogP contribution is 2.43. The number of rotatable bonds is 69. The number of hydrogen-bond donors (Lipinski definition) is 2. The fraction of sp³-hybridized carbons (Fsp3) is 0.600. The van der Waals surface area contributed by atoms with Crippen molar-refractivity contribution in [3.63, 3.8) is 0 Å². The maximum atomic E-state index is 12.8. The van der Waals surface area contributed by atoms with E-state index in [4.69, 9.17) is 24.3 Å². The molecule has 0 amide bonds. The normalized spacial score (nSPS) is 14.0. The van der Waals surface area contributed by atoms with Crippen molar-refractivity contribution in [1.29, 1.82) is 0 Å². The van der Waals surface area contributed by atoms with Crippen LogP contribution in [0.3, 0.4) is 0 Å². The third kappa shape index (κ3) is 77.7. The largest absolute Gasteiger partial charge is 0.472 e. The van der Waals surface area contributed by atoms with Crippen LogP contribution < -0.4 is 5.73 Å². The summed E-state index contributed by atoms with van der Waals surface area (Å²) in [5.74, 6) is -0.840. The number of carbonyl (C=O) groups excluding carboxylic acids is 2. The predicted molar refractivity (Wildman–Crippen MR) is 412 cm³/mol. The van der Waals surface area contributed by atoms with Gasteiger partial charge in [-0.2, -0.15) is 0 Å². The number of allylic oxidation sites excluding steroid dienone is 32. The lowest BCUT2D eigenvalue weighted by Crippen LogP contribution is -2.29. The van der Waals surface area contributed by atoms with Crippen molar-refractivity contribution in [3.05, 3.63) is 194 Å². The fourth-order valence-corrected chi connectivity index (χ4v) is 10.7. The second kappa shape index (κ2) is 77.9. The molecule has 10 heteroatoms. The molecule has 0 heterocycles. The fourth-order valence-electron chi connectivity index (χ4n) is 9.96. The maximum Gasteiger partial charge on any atom is 0.472 e. The van der Waals surface area contributed by atoms with Crippen molar-refractivity contribution < 1.29 is 37.6 Å². The van der Waals surface area contributed by atoms with Gasteiger partial charge in [-0.05, 0) is 141 Å². The summed E-state index contributed by atoms with van der Waals surface area (Å²) in [5, 5.41) is 0. The molecular formula is C85H138NO8P. The molecule has 0 spiro atoms. The molecular weight excluding hydrogens is 1190 g/mol. The Hall–Kier alpha value is -5.15. The molecule has 0 aliphatic carbocycles. The van der Waals surface area contributed by atoms with E-state index < -0.39 is 26.5 Å². The minimum Gasteiger partial charge on any atom is -0.462 e. The van der Waals surface area contributed by atoms with Crippen LogP contribution in [0.1, 0.15) is 296 Å². The van der Waals surface area contributed by atoms with Gasteiger partial charge in [0.1, 0.15) is 6.61 Å². The number of esters is 2. The zero-order valence-corrected chi connectivity index (χ0v) is 61.2. The third-order valence-corrected chi connectivity index (χ3v) is 16.5. The average molecular weight is 1330 g/mol. The second-order valence-corrected chi connectivity index (χ2v) is 25.9. The Balaban J connectivity index is 3.93. The van der Waals surface area contributed by atoms with Gasteiger partial charge in [0.15, 0.2) is 6.10 Å². The highest BCUT2D eigenvalue weighted by molar-refractivity contribution is 7.47. The predicted octanol–water partition coefficient (Wildman–Crippen LogP) is 25.6. The van der Waals surface area contributed by atoms with E-state index in [9.17, 15) is 19.0 Å². The van der Waals surface area contributed by atoms with Crippen LogP contribution in [0.25, 0.3) is 0 Å². The zero-order chi connectivity index (χ0) is 68.6. The van der Waals surface area contributed by atoms with Crippen LogP contribution in [0.15, 0.2) is 194 Å². The van der Waals surface area contributed by atoms with Crippen LogP contribution in [0.4, 0.5) is 0 Å². The van der Waals surface area contributed by atoms with Gasteiger partial charge in [-0.25, -0.2) is 4.57 Å². The zero-order valence-electron chi connectivity index (χ0n) is 60.3. The van der Waals surface area contributed by atoms with E-state index in [2.05, 4.69) is 208 Å². The topological polar surface area (TPSA) is 134 Å². The molecule has 0 aromatic heterocycles. The van der Waals surface area contributed by atoms with Crippen LogP contribution in [0, 0.1) is 0 Å². The molecule has 0 saturated heterocycles. The molecule has 0 bridgehead atoms. The number of phosphoric acid groups is 1. The molecule has 0 saturated carbocycles. The molecule has 0 aromatic carbocycles. The Morgan fingerprint density at radius 2 is 0.547 bits per heavy atom. The van der Waals surface area contributed by atoms with Gasteiger partial charge in [0.25, 0.3) is 0 Å². The standard InChI is InChI=1S/C85H138NO8P/c1-3-5-7-9-11-13-15-17-19-21-23-25-27-29-31-33-35-37-39-41-43-45-47-49-51-53-55-57-59-61-63-65-67-69-71-73-75-77-84(87)91-81-83(82-93-95(89,90)92-80-79-86)94-85(88)78-76-74-72-70-68-66-64-62-60-58-56-54-52-50-48-46-44-42-40-38-36-34-32-30-28-26-24-22-20-18-16-14-12-10-8-6-4-2/h5-8,11-14,17-20,23-26,29-32,35-38,41-44,48,50,54,56,83H,3-4,9-10,15-16,21-22,27-28,33-34,39-40,45-47,49,51-53,55,57-82,86H2,1-2H3,(H,89,90)/b7-5-,8-6-,13-11-,14-12-,19-17-,20-18-,25-23-,26-24-,31-29-,32-30-,37-35-,38-36-,43-41-,44-42-,50-48-,56-54-. The van der Waals surface area contributed by atoms with Gasteiger partial charge in [-0.3, -0.25) is 18.6 Å². The van der Waals surface area contributed by atoms with Crippen LogP contribution in [-0.2, 0) is 32.7 Å². The SMILES string of the molecule is CC/C=C\C/C=C\C/C=C\C/C=C\C/C=C\C/C=C\C/C=C\C/C=C\C/C=C\CCCCCCCCCCCC(=O)OC(COC(=O)CCCCCCCCCCCCCCCCC/C=C\C/C=C\C/C=C\C/C=C\C/C=C\C/C=C\C/C=C\CC)COP(=O)(O)OCCN. The lowest BCUT2D eigenvalue weighted by molar-refractivity contribution is -0.161. The summed E-state index contributed by atoms with van der Waals surface area (Å²) in [5.41, 5.74) is 5.41. The number of hydrogen-bond acceptors (Lipinski definition) is 8. The molecule has 0 aliphatic heterocycles. The Labute approximate surface area is 583 Å². The quantitative estimate of drug-likeness (QED) is 0.0264. The van der Waals surface area contributed by atoms with Gasteiger partial charge in [0.05, 0.1) is 13.2 Å². The molecule has 0 radical (unpaired) electrons. The summed E-state index contributed by atoms with van der Waals surface area (Å²) >= 11 is 0. The van der Waals surface area contributed by atoms with Crippen molar-refractivity contribution in [2.24, 2.45) is 5.73 Å². The van der Waals surface area contributed by atoms with E-state index in [0.29, 0.717) is 6.42 Å². The van der Waals surface area contributed by atoms with Crippen molar-refractivity contribution in [2.45, 2.75) is 302 Å². The van der Waals surface area contributed by atoms with E-state index in [1.54, 1.807) is 0 Å². The number of carbonyl (C=O) groups is 2. The molecule has 9 nitrogen and oxygen atoms in total. The van der Waals surface area contributed by atoms with Crippen molar-refractivity contribution in [1.82, 2.24) is 0 Å². The molecule has 95 heavy (non-hydrogen) atoms. The number of ether oxygens (including phenoxy) is 2. The molecule has 0 aromatic rings. The lowest BCUT2D eigenvalue weighted by atomic mass is 10.0.